The number of pyridine rings is 1. The lowest BCUT2D eigenvalue weighted by Crippen LogP contribution is -2.35. The molecular weight excluding hydrogens is 293 g/mol. The average molecular weight is 308 g/mol. The molecule has 2 rings (SSSR count). The van der Waals surface area contributed by atoms with Crippen LogP contribution in [0.15, 0.2) is 42.7 Å². The fraction of sp³-hybridized carbons (Fsp3) is 0.200. The van der Waals surface area contributed by atoms with Gasteiger partial charge in [-0.25, -0.2) is 4.39 Å². The summed E-state index contributed by atoms with van der Waals surface area (Å²) in [6, 6.07) is 6.88. The quantitative estimate of drug-likeness (QED) is 0.923. The zero-order valence-corrected chi connectivity index (χ0v) is 12.2. The lowest BCUT2D eigenvalue weighted by molar-refractivity contribution is -0.123. The second kappa shape index (κ2) is 6.65. The fourth-order valence-electron chi connectivity index (χ4n) is 2.20. The third kappa shape index (κ3) is 3.77. The number of carbonyl (C=O) groups is 1. The van der Waals surface area contributed by atoms with E-state index in [4.69, 9.17) is 17.3 Å². The Labute approximate surface area is 127 Å². The predicted octanol–water partition coefficient (Wildman–Crippen LogP) is 2.53. The van der Waals surface area contributed by atoms with Crippen molar-refractivity contribution in [3.05, 3.63) is 64.7 Å². The Kier molecular flexibility index (Phi) is 4.88. The van der Waals surface area contributed by atoms with Gasteiger partial charge >= 0.3 is 0 Å². The monoisotopic (exact) mass is 307 g/mol. The summed E-state index contributed by atoms with van der Waals surface area (Å²) < 4.78 is 13.3. The van der Waals surface area contributed by atoms with E-state index in [9.17, 15) is 9.18 Å². The summed E-state index contributed by atoms with van der Waals surface area (Å²) in [5, 5.41) is 0.506. The zero-order chi connectivity index (χ0) is 15.4. The van der Waals surface area contributed by atoms with Crippen LogP contribution in [0.2, 0.25) is 5.02 Å². The highest BCUT2D eigenvalue weighted by atomic mass is 35.5. The Morgan fingerprint density at radius 2 is 2.24 bits per heavy atom. The molecule has 0 aliphatic rings. The van der Waals surface area contributed by atoms with E-state index in [1.165, 1.54) is 18.3 Å². The highest BCUT2D eigenvalue weighted by molar-refractivity contribution is 6.31. The van der Waals surface area contributed by atoms with E-state index < -0.39 is 17.8 Å². The Hall–Kier alpha value is -1.98. The van der Waals surface area contributed by atoms with Crippen LogP contribution in [0.4, 0.5) is 4.39 Å². The molecule has 110 valence electrons. The van der Waals surface area contributed by atoms with Crippen molar-refractivity contribution in [2.24, 2.45) is 5.73 Å². The third-order valence-electron chi connectivity index (χ3n) is 3.15. The van der Waals surface area contributed by atoms with Crippen molar-refractivity contribution in [1.29, 1.82) is 0 Å². The zero-order valence-electron chi connectivity index (χ0n) is 11.5. The number of nitrogens with zero attached hydrogens (tertiary/aromatic N) is 2. The largest absolute Gasteiger partial charge is 0.368 e. The number of benzene rings is 1. The minimum absolute atomic E-state index is 0.394. The molecule has 0 aliphatic heterocycles. The number of hydrogen-bond acceptors (Lipinski definition) is 3. The summed E-state index contributed by atoms with van der Waals surface area (Å²) >= 11 is 6.06. The van der Waals surface area contributed by atoms with Crippen LogP contribution in [0.25, 0.3) is 0 Å². The van der Waals surface area contributed by atoms with Crippen LogP contribution < -0.4 is 5.73 Å². The standard InChI is InChI=1S/C15H15ClFN3O/c1-20(9-11-5-6-19-8-13(11)16)14(15(18)21)10-3-2-4-12(17)7-10/h2-8,14H,9H2,1H3,(H2,18,21)/t14-/m1/s1. The first-order valence-corrected chi connectivity index (χ1v) is 6.70. The van der Waals surface area contributed by atoms with Gasteiger partial charge < -0.3 is 5.73 Å². The van der Waals surface area contributed by atoms with Gasteiger partial charge in [0.05, 0.1) is 5.02 Å². The van der Waals surface area contributed by atoms with E-state index in [0.717, 1.165) is 5.56 Å². The normalized spacial score (nSPS) is 12.4. The van der Waals surface area contributed by atoms with Gasteiger partial charge in [-0.1, -0.05) is 23.7 Å². The van der Waals surface area contributed by atoms with Crippen LogP contribution in [-0.2, 0) is 11.3 Å². The van der Waals surface area contributed by atoms with Crippen LogP contribution in [0.5, 0.6) is 0 Å². The van der Waals surface area contributed by atoms with Crippen LogP contribution in [0.3, 0.4) is 0 Å². The number of carbonyl (C=O) groups excluding carboxylic acids is 1. The maximum atomic E-state index is 13.3. The molecule has 0 bridgehead atoms. The van der Waals surface area contributed by atoms with Crippen LogP contribution in [0.1, 0.15) is 17.2 Å². The van der Waals surface area contributed by atoms with Gasteiger partial charge in [-0.2, -0.15) is 0 Å². The molecule has 0 aliphatic carbocycles. The minimum Gasteiger partial charge on any atom is -0.368 e. The van der Waals surface area contributed by atoms with Gasteiger partial charge in [0.2, 0.25) is 5.91 Å². The van der Waals surface area contributed by atoms with Crippen molar-refractivity contribution in [3.8, 4) is 0 Å². The molecule has 21 heavy (non-hydrogen) atoms. The predicted molar refractivity (Wildman–Crippen MR) is 79.0 cm³/mol. The topological polar surface area (TPSA) is 59.2 Å². The second-order valence-electron chi connectivity index (χ2n) is 4.74. The summed E-state index contributed by atoms with van der Waals surface area (Å²) in [6.45, 7) is 0.394. The van der Waals surface area contributed by atoms with Gasteiger partial charge in [0.1, 0.15) is 11.9 Å². The van der Waals surface area contributed by atoms with E-state index in [2.05, 4.69) is 4.98 Å². The van der Waals surface area contributed by atoms with Crippen LogP contribution in [0, 0.1) is 5.82 Å². The van der Waals surface area contributed by atoms with E-state index in [-0.39, 0.29) is 0 Å². The van der Waals surface area contributed by atoms with Gasteiger partial charge in [0, 0.05) is 18.9 Å². The maximum absolute atomic E-state index is 13.3. The van der Waals surface area contributed by atoms with Gasteiger partial charge in [0.15, 0.2) is 0 Å². The molecular formula is C15H15ClFN3O. The van der Waals surface area contributed by atoms with E-state index in [1.807, 2.05) is 0 Å². The lowest BCUT2D eigenvalue weighted by atomic mass is 10.0. The molecule has 0 saturated carbocycles. The highest BCUT2D eigenvalue weighted by Crippen LogP contribution is 2.24. The summed E-state index contributed by atoms with van der Waals surface area (Å²) in [5.74, 6) is -0.956. The molecule has 0 radical (unpaired) electrons. The Balaban J connectivity index is 2.26. The molecule has 6 heteroatoms. The van der Waals surface area contributed by atoms with Gasteiger partial charge in [-0.3, -0.25) is 14.7 Å². The van der Waals surface area contributed by atoms with E-state index in [1.54, 1.807) is 36.3 Å². The number of nitrogens with two attached hydrogens (primary N) is 1. The highest BCUT2D eigenvalue weighted by Gasteiger charge is 2.23. The first-order valence-electron chi connectivity index (χ1n) is 6.32. The van der Waals surface area contributed by atoms with Crippen molar-refractivity contribution in [3.63, 3.8) is 0 Å². The summed E-state index contributed by atoms with van der Waals surface area (Å²) in [7, 11) is 1.73. The van der Waals surface area contributed by atoms with E-state index >= 15 is 0 Å². The number of hydrogen-bond donors (Lipinski definition) is 1. The molecule has 0 spiro atoms. The molecule has 1 atom stereocenters. The lowest BCUT2D eigenvalue weighted by Gasteiger charge is -2.26. The van der Waals surface area contributed by atoms with E-state index in [0.29, 0.717) is 17.1 Å². The molecule has 2 aromatic rings. The van der Waals surface area contributed by atoms with Crippen molar-refractivity contribution in [2.75, 3.05) is 7.05 Å². The maximum Gasteiger partial charge on any atom is 0.239 e. The van der Waals surface area contributed by atoms with Crippen molar-refractivity contribution >= 4 is 17.5 Å². The first-order chi connectivity index (χ1) is 9.99. The molecule has 2 N–H and O–H groups in total. The van der Waals surface area contributed by atoms with Gasteiger partial charge in [-0.15, -0.1) is 0 Å². The minimum atomic E-state index is -0.732. The molecule has 1 heterocycles. The number of amides is 1. The van der Waals surface area contributed by atoms with Gasteiger partial charge in [-0.05, 0) is 36.4 Å². The molecule has 0 fully saturated rings. The number of rotatable bonds is 5. The molecule has 1 aromatic carbocycles. The molecule has 1 amide bonds. The second-order valence-corrected chi connectivity index (χ2v) is 5.15. The third-order valence-corrected chi connectivity index (χ3v) is 3.49. The first kappa shape index (κ1) is 15.4. The average Bonchev–Trinajstić information content (AvgIpc) is 2.41. The summed E-state index contributed by atoms with van der Waals surface area (Å²) in [6.07, 6.45) is 3.16. The molecule has 4 nitrogen and oxygen atoms in total. The van der Waals surface area contributed by atoms with Crippen molar-refractivity contribution in [2.45, 2.75) is 12.6 Å². The Morgan fingerprint density at radius 3 is 2.86 bits per heavy atom. The van der Waals surface area contributed by atoms with Crippen LogP contribution >= 0.6 is 11.6 Å². The molecule has 0 unspecified atom stereocenters. The molecule has 1 aromatic heterocycles. The number of primary amides is 1. The van der Waals surface area contributed by atoms with Crippen molar-refractivity contribution < 1.29 is 9.18 Å². The Morgan fingerprint density at radius 1 is 1.48 bits per heavy atom. The number of aromatic nitrogens is 1. The van der Waals surface area contributed by atoms with Crippen LogP contribution in [-0.4, -0.2) is 22.8 Å². The van der Waals surface area contributed by atoms with Gasteiger partial charge in [0.25, 0.3) is 0 Å². The van der Waals surface area contributed by atoms with Crippen molar-refractivity contribution in [1.82, 2.24) is 9.88 Å². The molecule has 0 saturated heterocycles. The summed E-state index contributed by atoms with van der Waals surface area (Å²) in [5.41, 5.74) is 6.79. The fourth-order valence-corrected chi connectivity index (χ4v) is 2.38. The number of halogens is 2. The Bertz CT molecular complexity index is 650. The SMILES string of the molecule is CN(Cc1ccncc1Cl)[C@@H](C(N)=O)c1cccc(F)c1. The smallest absolute Gasteiger partial charge is 0.239 e. The number of likely N-dealkylation sites (N-methyl/N-ethyl adjacent to an activating group) is 1. The summed E-state index contributed by atoms with van der Waals surface area (Å²) in [4.78, 5) is 17.4.